The third kappa shape index (κ3) is 5.90. The molecule has 3 nitrogen and oxygen atoms in total. The number of nitrogen functional groups attached to an aromatic ring is 1. The molecule has 0 atom stereocenters. The molecule has 0 fully saturated rings. The quantitative estimate of drug-likeness (QED) is 0.637. The minimum atomic E-state index is -1.54. The first kappa shape index (κ1) is 14.3. The van der Waals surface area contributed by atoms with Crippen molar-refractivity contribution in [3.05, 3.63) is 24.3 Å². The lowest BCUT2D eigenvalue weighted by molar-refractivity contribution is 0.333. The van der Waals surface area contributed by atoms with E-state index in [-0.39, 0.29) is 0 Å². The molecule has 0 aromatic heterocycles. The molecular weight excluding hydrogens is 246 g/mol. The molecule has 0 bridgehead atoms. The van der Waals surface area contributed by atoms with Crippen molar-refractivity contribution in [1.29, 1.82) is 0 Å². The van der Waals surface area contributed by atoms with Crippen molar-refractivity contribution in [2.45, 2.75) is 32.2 Å². The summed E-state index contributed by atoms with van der Waals surface area (Å²) in [4.78, 5) is 0. The molecule has 0 heterocycles. The summed E-state index contributed by atoms with van der Waals surface area (Å²) in [5.41, 5.74) is 6.43. The third-order valence-corrected chi connectivity index (χ3v) is 7.56. The number of hydrogen-bond acceptors (Lipinski definition) is 3. The van der Waals surface area contributed by atoms with Crippen molar-refractivity contribution in [3.63, 3.8) is 0 Å². The largest absolute Gasteiger partial charge is 0.494 e. The van der Waals surface area contributed by atoms with Gasteiger partial charge in [-0.2, -0.15) is 0 Å². The first-order valence-corrected chi connectivity index (χ1v) is 11.4. The van der Waals surface area contributed by atoms with Crippen LogP contribution in [0.3, 0.4) is 0 Å². The van der Waals surface area contributed by atoms with Crippen LogP contribution in [0.2, 0.25) is 32.2 Å². The van der Waals surface area contributed by atoms with Crippen LogP contribution < -0.4 is 10.5 Å². The van der Waals surface area contributed by atoms with Crippen LogP contribution in [-0.4, -0.2) is 24.0 Å². The normalized spacial score (nSPS) is 11.8. The smallest absolute Gasteiger partial charge is 0.191 e. The number of hydrogen-bond donors (Lipinski definition) is 1. The molecule has 0 saturated heterocycles. The molecule has 0 amide bonds. The molecular formula is C12H22NO2Si2. The van der Waals surface area contributed by atoms with E-state index in [0.29, 0.717) is 6.61 Å². The summed E-state index contributed by atoms with van der Waals surface area (Å²) in [7, 11) is -2.15. The van der Waals surface area contributed by atoms with E-state index in [2.05, 4.69) is 26.2 Å². The summed E-state index contributed by atoms with van der Waals surface area (Å²) in [6, 6.07) is 8.56. The van der Waals surface area contributed by atoms with Gasteiger partial charge >= 0.3 is 0 Å². The van der Waals surface area contributed by atoms with Gasteiger partial charge in [0, 0.05) is 11.8 Å². The maximum atomic E-state index is 6.04. The molecule has 0 aliphatic heterocycles. The van der Waals surface area contributed by atoms with Crippen molar-refractivity contribution in [1.82, 2.24) is 0 Å². The molecule has 0 aliphatic carbocycles. The second-order valence-corrected chi connectivity index (χ2v) is 11.6. The second-order valence-electron chi connectivity index (χ2n) is 4.94. The first-order valence-electron chi connectivity index (χ1n) is 5.86. The molecule has 1 aromatic rings. The fourth-order valence-electron chi connectivity index (χ4n) is 1.62. The molecule has 0 unspecified atom stereocenters. The van der Waals surface area contributed by atoms with Crippen molar-refractivity contribution in [2.24, 2.45) is 0 Å². The Labute approximate surface area is 107 Å². The van der Waals surface area contributed by atoms with E-state index in [1.807, 2.05) is 24.3 Å². The second kappa shape index (κ2) is 6.23. The van der Waals surface area contributed by atoms with E-state index in [4.69, 9.17) is 14.6 Å². The summed E-state index contributed by atoms with van der Waals surface area (Å²) in [6.07, 6.45) is 0. The van der Waals surface area contributed by atoms with Gasteiger partial charge in [-0.15, -0.1) is 0 Å². The topological polar surface area (TPSA) is 44.5 Å². The standard InChI is InChI=1S/C12H22NO2Si2/c1-16(2)15-17(3,4)9-8-14-12-7-5-6-11(13)10-12/h5-7,10H,8-9,13H2,1-4H3. The molecule has 0 saturated carbocycles. The summed E-state index contributed by atoms with van der Waals surface area (Å²) in [6.45, 7) is 9.55. The molecule has 0 spiro atoms. The maximum Gasteiger partial charge on any atom is 0.191 e. The Kier molecular flexibility index (Phi) is 5.23. The highest BCUT2D eigenvalue weighted by Crippen LogP contribution is 2.17. The van der Waals surface area contributed by atoms with Gasteiger partial charge in [0.05, 0.1) is 6.61 Å². The van der Waals surface area contributed by atoms with Crippen molar-refractivity contribution in [3.8, 4) is 5.75 Å². The Morgan fingerprint density at radius 2 is 2.00 bits per heavy atom. The molecule has 17 heavy (non-hydrogen) atoms. The maximum absolute atomic E-state index is 6.04. The minimum Gasteiger partial charge on any atom is -0.494 e. The van der Waals surface area contributed by atoms with Crippen LogP contribution in [0, 0.1) is 0 Å². The van der Waals surface area contributed by atoms with Crippen LogP contribution in [0.5, 0.6) is 5.75 Å². The van der Waals surface area contributed by atoms with Crippen LogP contribution in [-0.2, 0) is 4.12 Å². The van der Waals surface area contributed by atoms with Crippen LogP contribution in [0.25, 0.3) is 0 Å². The van der Waals surface area contributed by atoms with Gasteiger partial charge in [-0.1, -0.05) is 6.07 Å². The zero-order valence-electron chi connectivity index (χ0n) is 11.1. The highest BCUT2D eigenvalue weighted by atomic mass is 28.4. The van der Waals surface area contributed by atoms with Gasteiger partial charge in [-0.05, 0) is 44.4 Å². The zero-order valence-corrected chi connectivity index (χ0v) is 13.1. The number of benzene rings is 1. The molecule has 0 aliphatic rings. The Bertz CT molecular complexity index is 356. The number of rotatable bonds is 6. The van der Waals surface area contributed by atoms with Crippen molar-refractivity contribution >= 4 is 23.0 Å². The Morgan fingerprint density at radius 3 is 2.59 bits per heavy atom. The van der Waals surface area contributed by atoms with Crippen LogP contribution in [0.15, 0.2) is 24.3 Å². The van der Waals surface area contributed by atoms with Gasteiger partial charge in [0.15, 0.2) is 17.4 Å². The number of anilines is 1. The number of ether oxygens (including phenoxy) is 1. The van der Waals surface area contributed by atoms with Gasteiger partial charge in [-0.25, -0.2) is 0 Å². The van der Waals surface area contributed by atoms with Gasteiger partial charge in [0.25, 0.3) is 0 Å². The van der Waals surface area contributed by atoms with Gasteiger partial charge in [0.2, 0.25) is 0 Å². The van der Waals surface area contributed by atoms with Gasteiger partial charge in [0.1, 0.15) is 5.75 Å². The fourth-order valence-corrected chi connectivity index (χ4v) is 7.05. The van der Waals surface area contributed by atoms with E-state index >= 15 is 0 Å². The first-order chi connectivity index (χ1) is 7.89. The molecule has 95 valence electrons. The monoisotopic (exact) mass is 268 g/mol. The lowest BCUT2D eigenvalue weighted by Gasteiger charge is -2.25. The predicted octanol–water partition coefficient (Wildman–Crippen LogP) is 3.12. The van der Waals surface area contributed by atoms with Crippen LogP contribution >= 0.6 is 0 Å². The summed E-state index contributed by atoms with van der Waals surface area (Å²) in [5, 5.41) is 0. The third-order valence-electron chi connectivity index (χ3n) is 2.31. The summed E-state index contributed by atoms with van der Waals surface area (Å²) < 4.78 is 11.7. The minimum absolute atomic E-state index is 0.606. The van der Waals surface area contributed by atoms with E-state index in [9.17, 15) is 0 Å². The highest BCUT2D eigenvalue weighted by Gasteiger charge is 2.23. The number of nitrogens with two attached hydrogens (primary N) is 1. The highest BCUT2D eigenvalue weighted by molar-refractivity contribution is 6.77. The molecule has 1 radical (unpaired) electrons. The molecule has 5 heteroatoms. The fraction of sp³-hybridized carbons (Fsp3) is 0.500. The van der Waals surface area contributed by atoms with E-state index in [1.165, 1.54) is 0 Å². The summed E-state index contributed by atoms with van der Waals surface area (Å²) in [5.74, 6) is 0.841. The average Bonchev–Trinajstić information content (AvgIpc) is 2.15. The van der Waals surface area contributed by atoms with Crippen LogP contribution in [0.4, 0.5) is 5.69 Å². The molecule has 2 N–H and O–H groups in total. The van der Waals surface area contributed by atoms with Crippen LogP contribution in [0.1, 0.15) is 0 Å². The molecule has 1 aromatic carbocycles. The average molecular weight is 268 g/mol. The van der Waals surface area contributed by atoms with Gasteiger partial charge in [-0.3, -0.25) is 0 Å². The van der Waals surface area contributed by atoms with Crippen molar-refractivity contribution in [2.75, 3.05) is 12.3 Å². The van der Waals surface area contributed by atoms with Crippen molar-refractivity contribution < 1.29 is 8.85 Å². The lowest BCUT2D eigenvalue weighted by Crippen LogP contribution is -2.36. The summed E-state index contributed by atoms with van der Waals surface area (Å²) >= 11 is 0. The Hall–Kier alpha value is -0.786. The zero-order chi connectivity index (χ0) is 12.9. The van der Waals surface area contributed by atoms with E-state index in [0.717, 1.165) is 17.5 Å². The lowest BCUT2D eigenvalue weighted by atomic mass is 10.3. The van der Waals surface area contributed by atoms with E-state index in [1.54, 1.807) is 0 Å². The van der Waals surface area contributed by atoms with Gasteiger partial charge < -0.3 is 14.6 Å². The molecule has 1 rings (SSSR count). The predicted molar refractivity (Wildman–Crippen MR) is 77.2 cm³/mol. The SMILES string of the molecule is C[Si](C)O[Si](C)(C)CCOc1cccc(N)c1. The Balaban J connectivity index is 2.37. The Morgan fingerprint density at radius 1 is 1.29 bits per heavy atom. The van der Waals surface area contributed by atoms with E-state index < -0.39 is 17.4 Å².